The molecule has 272 valence electrons. The molecule has 6 heteroatoms. The summed E-state index contributed by atoms with van der Waals surface area (Å²) in [6.45, 7) is 0. The van der Waals surface area contributed by atoms with Gasteiger partial charge in [0.15, 0.2) is 0 Å². The smallest absolute Gasteiger partial charge is 0.131 e. The molecule has 0 bridgehead atoms. The molecule has 1 aliphatic carbocycles. The fourth-order valence-electron chi connectivity index (χ4n) is 9.10. The average Bonchev–Trinajstić information content (AvgIpc) is 3.96. The summed E-state index contributed by atoms with van der Waals surface area (Å²) in [6, 6.07) is 55.7. The zero-order chi connectivity index (χ0) is 37.5. The van der Waals surface area contributed by atoms with E-state index in [-0.39, 0.29) is 12.3 Å². The summed E-state index contributed by atoms with van der Waals surface area (Å²) in [5.41, 5.74) is 9.86. The first-order valence-electron chi connectivity index (χ1n) is 19.7. The van der Waals surface area contributed by atoms with Crippen molar-refractivity contribution < 1.29 is 0 Å². The molecule has 7 aromatic carbocycles. The number of allylic oxidation sites excluding steroid dienone is 3. The van der Waals surface area contributed by atoms with Crippen molar-refractivity contribution in [2.24, 2.45) is 4.99 Å². The number of rotatable bonds is 5. The predicted octanol–water partition coefficient (Wildman–Crippen LogP) is 13.4. The molecule has 12 rings (SSSR count). The maximum atomic E-state index is 5.28. The third-order valence-corrected chi connectivity index (χ3v) is 14.1. The molecule has 0 amide bonds. The summed E-state index contributed by atoms with van der Waals surface area (Å²) in [6.07, 6.45) is 8.57. The Bertz CT molecular complexity index is 3270. The standard InChI is InChI=1S/C51H36N4S2/c1-3-13-31(14-4-1)49-52-50(32-15-5-2-6-16-32)54-51(53-49)33-25-27-37-39-20-11-21-40(48(39)57-45(37)29-33)38-19-12-24-44-47(38)41-28-26-34(30-46(41)56-44)55-42-22-9-7-17-35(42)36-18-8-10-23-43(36)55/h1-5,7-15,17-30,49-50,52H,6,16H2,(H,53,54). The van der Waals surface area contributed by atoms with E-state index in [2.05, 4.69) is 185 Å². The van der Waals surface area contributed by atoms with Crippen LogP contribution in [0.3, 0.4) is 0 Å². The molecule has 0 saturated heterocycles. The summed E-state index contributed by atoms with van der Waals surface area (Å²) < 4.78 is 7.61. The summed E-state index contributed by atoms with van der Waals surface area (Å²) in [5.74, 6) is 0.928. The summed E-state index contributed by atoms with van der Waals surface area (Å²) in [7, 11) is 0. The van der Waals surface area contributed by atoms with Gasteiger partial charge >= 0.3 is 0 Å². The van der Waals surface area contributed by atoms with Crippen molar-refractivity contribution in [1.82, 2.24) is 15.2 Å². The van der Waals surface area contributed by atoms with Crippen LogP contribution in [-0.4, -0.2) is 16.6 Å². The van der Waals surface area contributed by atoms with E-state index >= 15 is 0 Å². The fraction of sp³-hybridized carbons (Fsp3) is 0.0784. The molecule has 0 saturated carbocycles. The minimum absolute atomic E-state index is 0.0424. The molecule has 0 fully saturated rings. The zero-order valence-electron chi connectivity index (χ0n) is 30.9. The van der Waals surface area contributed by atoms with Crippen molar-refractivity contribution >= 4 is 90.7 Å². The molecule has 3 aromatic heterocycles. The molecular weight excluding hydrogens is 733 g/mol. The van der Waals surface area contributed by atoms with Crippen LogP contribution in [0.4, 0.5) is 0 Å². The first-order valence-corrected chi connectivity index (χ1v) is 21.3. The number of aliphatic imine (C=N–C) groups is 1. The van der Waals surface area contributed by atoms with Crippen molar-refractivity contribution in [2.45, 2.75) is 25.2 Å². The Morgan fingerprint density at radius 1 is 0.596 bits per heavy atom. The lowest BCUT2D eigenvalue weighted by atomic mass is 9.97. The maximum absolute atomic E-state index is 5.28. The van der Waals surface area contributed by atoms with Gasteiger partial charge in [0.25, 0.3) is 0 Å². The van der Waals surface area contributed by atoms with Crippen LogP contribution in [0.1, 0.15) is 30.1 Å². The van der Waals surface area contributed by atoms with Crippen molar-refractivity contribution in [2.75, 3.05) is 0 Å². The number of benzene rings is 7. The molecule has 57 heavy (non-hydrogen) atoms. The van der Waals surface area contributed by atoms with Crippen LogP contribution >= 0.6 is 22.7 Å². The minimum atomic E-state index is -0.0833. The monoisotopic (exact) mass is 768 g/mol. The van der Waals surface area contributed by atoms with E-state index in [0.717, 1.165) is 24.2 Å². The van der Waals surface area contributed by atoms with Gasteiger partial charge in [0.05, 0.1) is 11.0 Å². The number of amidine groups is 1. The van der Waals surface area contributed by atoms with Gasteiger partial charge in [0, 0.05) is 67.9 Å². The molecule has 4 nitrogen and oxygen atoms in total. The highest BCUT2D eigenvalue weighted by molar-refractivity contribution is 7.27. The number of hydrogen-bond acceptors (Lipinski definition) is 5. The fourth-order valence-corrected chi connectivity index (χ4v) is 11.5. The van der Waals surface area contributed by atoms with Crippen LogP contribution in [-0.2, 0) is 0 Å². The molecule has 10 aromatic rings. The normalized spacial score (nSPS) is 17.2. The lowest BCUT2D eigenvalue weighted by Crippen LogP contribution is -2.49. The Labute approximate surface area is 337 Å². The average molecular weight is 769 g/mol. The largest absolute Gasteiger partial charge is 0.350 e. The highest BCUT2D eigenvalue weighted by Crippen LogP contribution is 2.46. The number of nitrogens with one attached hydrogen (secondary N) is 2. The molecule has 2 aliphatic rings. The molecule has 4 heterocycles. The summed E-state index contributed by atoms with van der Waals surface area (Å²) >= 11 is 3.77. The number of thiophene rings is 2. The third kappa shape index (κ3) is 5.32. The van der Waals surface area contributed by atoms with E-state index in [0.29, 0.717) is 0 Å². The van der Waals surface area contributed by atoms with E-state index in [1.165, 1.54) is 90.1 Å². The van der Waals surface area contributed by atoms with E-state index in [4.69, 9.17) is 4.99 Å². The lowest BCUT2D eigenvalue weighted by molar-refractivity contribution is 0.425. The summed E-state index contributed by atoms with van der Waals surface area (Å²) in [4.78, 5) is 5.28. The SMILES string of the molecule is C1=CCCC(C2N=C(c3ccc4c(c3)sc3c(-c5cccc6sc7cc(-n8c9ccccc9c9ccccc98)ccc7c56)cccc34)NC(c3ccccc3)N2)=C1. The van der Waals surface area contributed by atoms with Crippen LogP contribution in [0.2, 0.25) is 0 Å². The molecule has 2 unspecified atom stereocenters. The molecule has 1 aliphatic heterocycles. The third-order valence-electron chi connectivity index (χ3n) is 11.8. The van der Waals surface area contributed by atoms with Gasteiger partial charge in [-0.3, -0.25) is 5.32 Å². The predicted molar refractivity (Wildman–Crippen MR) is 244 cm³/mol. The van der Waals surface area contributed by atoms with E-state index in [1.54, 1.807) is 0 Å². The van der Waals surface area contributed by atoms with Crippen molar-refractivity contribution in [3.8, 4) is 16.8 Å². The second-order valence-corrected chi connectivity index (χ2v) is 17.2. The summed E-state index contributed by atoms with van der Waals surface area (Å²) in [5, 5.41) is 15.3. The van der Waals surface area contributed by atoms with Gasteiger partial charge in [-0.2, -0.15) is 0 Å². The van der Waals surface area contributed by atoms with Crippen molar-refractivity contribution in [1.29, 1.82) is 0 Å². The quantitative estimate of drug-likeness (QED) is 0.183. The van der Waals surface area contributed by atoms with E-state index < -0.39 is 0 Å². The lowest BCUT2D eigenvalue weighted by Gasteiger charge is -2.33. The maximum Gasteiger partial charge on any atom is 0.131 e. The van der Waals surface area contributed by atoms with Crippen LogP contribution in [0.15, 0.2) is 180 Å². The molecular formula is C51H36N4S2. The molecule has 2 atom stereocenters. The topological polar surface area (TPSA) is 41.4 Å². The van der Waals surface area contributed by atoms with Gasteiger partial charge in [-0.05, 0) is 65.9 Å². The van der Waals surface area contributed by atoms with Gasteiger partial charge in [-0.1, -0.05) is 133 Å². The highest BCUT2D eigenvalue weighted by Gasteiger charge is 2.27. The van der Waals surface area contributed by atoms with E-state index in [1.807, 2.05) is 22.7 Å². The Kier molecular flexibility index (Phi) is 7.58. The van der Waals surface area contributed by atoms with Crippen molar-refractivity contribution in [3.63, 3.8) is 0 Å². The number of fused-ring (bicyclic) bond motifs is 9. The van der Waals surface area contributed by atoms with Crippen molar-refractivity contribution in [3.05, 3.63) is 187 Å². The van der Waals surface area contributed by atoms with E-state index in [9.17, 15) is 0 Å². The van der Waals surface area contributed by atoms with Gasteiger partial charge < -0.3 is 9.88 Å². The number of aromatic nitrogens is 1. The minimum Gasteiger partial charge on any atom is -0.350 e. The van der Waals surface area contributed by atoms with Gasteiger partial charge in [-0.15, -0.1) is 22.7 Å². The van der Waals surface area contributed by atoms with Gasteiger partial charge in [-0.25, -0.2) is 4.99 Å². The van der Waals surface area contributed by atoms with Crippen LogP contribution in [0.5, 0.6) is 0 Å². The Hall–Kier alpha value is -6.31. The van der Waals surface area contributed by atoms with Gasteiger partial charge in [0.2, 0.25) is 0 Å². The Morgan fingerprint density at radius 3 is 2.16 bits per heavy atom. The Balaban J connectivity index is 0.969. The molecule has 2 N–H and O–H groups in total. The van der Waals surface area contributed by atoms with Crippen LogP contribution < -0.4 is 10.6 Å². The van der Waals surface area contributed by atoms with Crippen LogP contribution in [0.25, 0.3) is 79.0 Å². The van der Waals surface area contributed by atoms with Gasteiger partial charge in [0.1, 0.15) is 18.2 Å². The first kappa shape index (κ1) is 32.9. The Morgan fingerprint density at radius 2 is 1.33 bits per heavy atom. The zero-order valence-corrected chi connectivity index (χ0v) is 32.6. The number of nitrogens with zero attached hydrogens (tertiary/aromatic N) is 2. The molecule has 0 radical (unpaired) electrons. The number of hydrogen-bond donors (Lipinski definition) is 2. The molecule has 0 spiro atoms. The highest BCUT2D eigenvalue weighted by atomic mass is 32.1. The first-order chi connectivity index (χ1) is 28.2. The second-order valence-electron chi connectivity index (χ2n) is 15.1. The second kappa shape index (κ2) is 13.1. The van der Waals surface area contributed by atoms with Crippen LogP contribution in [0, 0.1) is 0 Å². The number of para-hydroxylation sites is 2.